The Labute approximate surface area is 129 Å². The topological polar surface area (TPSA) is 21.3 Å². The Morgan fingerprint density at radius 2 is 1.95 bits per heavy atom. The van der Waals surface area contributed by atoms with Gasteiger partial charge in [0.2, 0.25) is 0 Å². The summed E-state index contributed by atoms with van der Waals surface area (Å²) in [4.78, 5) is 0. The molecule has 2 aliphatic carbocycles. The van der Waals surface area contributed by atoms with E-state index in [1.807, 2.05) is 0 Å². The van der Waals surface area contributed by atoms with E-state index in [1.54, 1.807) is 0 Å². The van der Waals surface area contributed by atoms with E-state index in [1.165, 1.54) is 56.1 Å². The fourth-order valence-electron chi connectivity index (χ4n) is 3.51. The van der Waals surface area contributed by atoms with Crippen LogP contribution >= 0.6 is 0 Å². The van der Waals surface area contributed by atoms with Crippen molar-refractivity contribution in [3.8, 4) is 5.75 Å². The number of rotatable bonds is 6. The highest BCUT2D eigenvalue weighted by Gasteiger charge is 2.27. The molecule has 0 aromatic heterocycles. The van der Waals surface area contributed by atoms with Crippen molar-refractivity contribution in [3.63, 3.8) is 0 Å². The molecule has 116 valence electrons. The molecule has 2 aliphatic rings. The molecule has 3 rings (SSSR count). The quantitative estimate of drug-likeness (QED) is 0.826. The third-order valence-electron chi connectivity index (χ3n) is 5.08. The molecule has 0 radical (unpaired) electrons. The molecule has 2 atom stereocenters. The van der Waals surface area contributed by atoms with Gasteiger partial charge in [0, 0.05) is 18.2 Å². The molecule has 1 aromatic rings. The zero-order chi connectivity index (χ0) is 14.7. The van der Waals surface area contributed by atoms with Crippen LogP contribution in [0.15, 0.2) is 18.2 Å². The van der Waals surface area contributed by atoms with Gasteiger partial charge < -0.3 is 10.1 Å². The van der Waals surface area contributed by atoms with E-state index in [2.05, 4.69) is 37.4 Å². The molecule has 0 aliphatic heterocycles. The number of hydrogen-bond acceptors (Lipinski definition) is 2. The maximum absolute atomic E-state index is 6.53. The maximum atomic E-state index is 6.53. The van der Waals surface area contributed by atoms with Crippen molar-refractivity contribution >= 4 is 0 Å². The smallest absolute Gasteiger partial charge is 0.127 e. The third kappa shape index (κ3) is 3.79. The molecule has 1 aromatic carbocycles. The van der Waals surface area contributed by atoms with Crippen LogP contribution in [-0.2, 0) is 6.54 Å². The van der Waals surface area contributed by atoms with Gasteiger partial charge in [-0.05, 0) is 56.9 Å². The van der Waals surface area contributed by atoms with E-state index in [-0.39, 0.29) is 0 Å². The second kappa shape index (κ2) is 6.83. The highest BCUT2D eigenvalue weighted by atomic mass is 16.5. The predicted octanol–water partition coefficient (Wildman–Crippen LogP) is 4.59. The second-order valence-electron chi connectivity index (χ2n) is 6.83. The molecule has 2 nitrogen and oxygen atoms in total. The SMILES string of the molecule is CCC1CCCCC1Oc1c(C)cccc1CNC1CC1. The number of benzene rings is 1. The van der Waals surface area contributed by atoms with Gasteiger partial charge in [-0.15, -0.1) is 0 Å². The van der Waals surface area contributed by atoms with Gasteiger partial charge in [-0.3, -0.25) is 0 Å². The fraction of sp³-hybridized carbons (Fsp3) is 0.684. The van der Waals surface area contributed by atoms with Gasteiger partial charge in [-0.25, -0.2) is 0 Å². The van der Waals surface area contributed by atoms with Crippen molar-refractivity contribution in [3.05, 3.63) is 29.3 Å². The highest BCUT2D eigenvalue weighted by molar-refractivity contribution is 5.41. The third-order valence-corrected chi connectivity index (χ3v) is 5.08. The number of aryl methyl sites for hydroxylation is 1. The Bertz CT molecular complexity index is 467. The molecule has 0 spiro atoms. The lowest BCUT2D eigenvalue weighted by atomic mass is 9.84. The average molecular weight is 287 g/mol. The van der Waals surface area contributed by atoms with E-state index in [9.17, 15) is 0 Å². The Hall–Kier alpha value is -1.02. The zero-order valence-corrected chi connectivity index (χ0v) is 13.5. The molecule has 21 heavy (non-hydrogen) atoms. The summed E-state index contributed by atoms with van der Waals surface area (Å²) in [5.74, 6) is 1.89. The van der Waals surface area contributed by atoms with E-state index in [0.29, 0.717) is 6.10 Å². The summed E-state index contributed by atoms with van der Waals surface area (Å²) in [6.45, 7) is 5.44. The van der Waals surface area contributed by atoms with Crippen LogP contribution in [0.25, 0.3) is 0 Å². The molecular formula is C19H29NO. The monoisotopic (exact) mass is 287 g/mol. The van der Waals surface area contributed by atoms with Crippen molar-refractivity contribution in [2.45, 2.75) is 77.5 Å². The number of nitrogens with one attached hydrogen (secondary N) is 1. The summed E-state index contributed by atoms with van der Waals surface area (Å²) >= 11 is 0. The van der Waals surface area contributed by atoms with Crippen LogP contribution in [0.2, 0.25) is 0 Å². The molecule has 2 heteroatoms. The van der Waals surface area contributed by atoms with Gasteiger partial charge in [-0.2, -0.15) is 0 Å². The standard InChI is InChI=1S/C19H29NO/c1-3-15-8-4-5-10-18(15)21-19-14(2)7-6-9-16(19)13-20-17-11-12-17/h6-7,9,15,17-18,20H,3-5,8,10-13H2,1-2H3. The summed E-state index contributed by atoms with van der Waals surface area (Å²) in [5.41, 5.74) is 2.62. The first-order chi connectivity index (χ1) is 10.3. The normalized spacial score (nSPS) is 25.8. The van der Waals surface area contributed by atoms with Crippen LogP contribution in [0.1, 0.15) is 63.0 Å². The van der Waals surface area contributed by atoms with E-state index in [0.717, 1.165) is 24.3 Å². The van der Waals surface area contributed by atoms with Crippen LogP contribution < -0.4 is 10.1 Å². The lowest BCUT2D eigenvalue weighted by Gasteiger charge is -2.32. The van der Waals surface area contributed by atoms with Gasteiger partial charge in [0.25, 0.3) is 0 Å². The van der Waals surface area contributed by atoms with E-state index < -0.39 is 0 Å². The van der Waals surface area contributed by atoms with Gasteiger partial charge >= 0.3 is 0 Å². The second-order valence-corrected chi connectivity index (χ2v) is 6.83. The van der Waals surface area contributed by atoms with Crippen LogP contribution in [0, 0.1) is 12.8 Å². The van der Waals surface area contributed by atoms with Crippen LogP contribution in [0.5, 0.6) is 5.75 Å². The molecule has 0 heterocycles. The van der Waals surface area contributed by atoms with Crippen LogP contribution in [0.3, 0.4) is 0 Å². The number of ether oxygens (including phenoxy) is 1. The highest BCUT2D eigenvalue weighted by Crippen LogP contribution is 2.33. The van der Waals surface area contributed by atoms with Crippen molar-refractivity contribution in [1.82, 2.24) is 5.32 Å². The van der Waals surface area contributed by atoms with Crippen LogP contribution in [-0.4, -0.2) is 12.1 Å². The lowest BCUT2D eigenvalue weighted by molar-refractivity contribution is 0.0886. The fourth-order valence-corrected chi connectivity index (χ4v) is 3.51. The number of para-hydroxylation sites is 1. The zero-order valence-electron chi connectivity index (χ0n) is 13.5. The van der Waals surface area contributed by atoms with Gasteiger partial charge in [0.15, 0.2) is 0 Å². The van der Waals surface area contributed by atoms with Crippen molar-refractivity contribution < 1.29 is 4.74 Å². The van der Waals surface area contributed by atoms with Gasteiger partial charge in [0.1, 0.15) is 11.9 Å². The van der Waals surface area contributed by atoms with Crippen molar-refractivity contribution in [2.24, 2.45) is 5.92 Å². The Balaban J connectivity index is 1.72. The predicted molar refractivity (Wildman–Crippen MR) is 87.7 cm³/mol. The average Bonchev–Trinajstić information content (AvgIpc) is 3.32. The molecular weight excluding hydrogens is 258 g/mol. The Kier molecular flexibility index (Phi) is 4.84. The molecule has 2 unspecified atom stereocenters. The molecule has 2 fully saturated rings. The first-order valence-electron chi connectivity index (χ1n) is 8.76. The lowest BCUT2D eigenvalue weighted by Crippen LogP contribution is -2.30. The molecule has 0 saturated heterocycles. The van der Waals surface area contributed by atoms with Crippen LogP contribution in [0.4, 0.5) is 0 Å². The molecule has 0 amide bonds. The summed E-state index contributed by atoms with van der Waals surface area (Å²) in [6, 6.07) is 7.31. The van der Waals surface area contributed by atoms with Gasteiger partial charge in [-0.1, -0.05) is 31.5 Å². The van der Waals surface area contributed by atoms with E-state index >= 15 is 0 Å². The Morgan fingerprint density at radius 1 is 1.14 bits per heavy atom. The first-order valence-corrected chi connectivity index (χ1v) is 8.76. The molecule has 1 N–H and O–H groups in total. The summed E-state index contributed by atoms with van der Waals surface area (Å²) in [5, 5.41) is 3.62. The minimum absolute atomic E-state index is 0.421. The maximum Gasteiger partial charge on any atom is 0.127 e. The van der Waals surface area contributed by atoms with Crippen molar-refractivity contribution in [2.75, 3.05) is 0 Å². The van der Waals surface area contributed by atoms with E-state index in [4.69, 9.17) is 4.74 Å². The van der Waals surface area contributed by atoms with Crippen molar-refractivity contribution in [1.29, 1.82) is 0 Å². The minimum Gasteiger partial charge on any atom is -0.490 e. The summed E-state index contributed by atoms with van der Waals surface area (Å²) in [6.07, 6.45) is 9.59. The molecule has 2 saturated carbocycles. The first kappa shape index (κ1) is 14.9. The van der Waals surface area contributed by atoms with Gasteiger partial charge in [0.05, 0.1) is 0 Å². The molecule has 0 bridgehead atoms. The summed E-state index contributed by atoms with van der Waals surface area (Å²) in [7, 11) is 0. The number of hydrogen-bond donors (Lipinski definition) is 1. The largest absolute Gasteiger partial charge is 0.490 e. The Morgan fingerprint density at radius 3 is 2.71 bits per heavy atom. The minimum atomic E-state index is 0.421. The summed E-state index contributed by atoms with van der Waals surface area (Å²) < 4.78 is 6.53.